The molecule has 3 heterocycles. The minimum Gasteiger partial charge on any atom is -0.309 e. The first-order valence-electron chi connectivity index (χ1n) is 8.56. The Labute approximate surface area is 153 Å². The van der Waals surface area contributed by atoms with Gasteiger partial charge in [0.05, 0.1) is 5.56 Å². The van der Waals surface area contributed by atoms with Crippen molar-refractivity contribution in [3.8, 4) is 0 Å². The topological polar surface area (TPSA) is 72.2 Å². The van der Waals surface area contributed by atoms with Crippen molar-refractivity contribution in [3.63, 3.8) is 0 Å². The van der Waals surface area contributed by atoms with Crippen molar-refractivity contribution in [2.45, 2.75) is 34.1 Å². The predicted molar refractivity (Wildman–Crippen MR) is 104 cm³/mol. The highest BCUT2D eigenvalue weighted by Crippen LogP contribution is 2.24. The number of aromatic nitrogens is 4. The molecule has 0 radical (unpaired) electrons. The molecule has 0 atom stereocenters. The lowest BCUT2D eigenvalue weighted by Crippen LogP contribution is -2.20. The Morgan fingerprint density at radius 1 is 1.23 bits per heavy atom. The minimum absolute atomic E-state index is 0.0624. The number of nitrogens with one attached hydrogen (secondary N) is 1. The van der Waals surface area contributed by atoms with Gasteiger partial charge in [0.1, 0.15) is 0 Å². The molecule has 26 heavy (non-hydrogen) atoms. The Hall–Kier alpha value is -3.02. The highest BCUT2D eigenvalue weighted by Gasteiger charge is 2.19. The van der Waals surface area contributed by atoms with E-state index in [9.17, 15) is 4.79 Å². The molecule has 1 N–H and O–H groups in total. The molecule has 0 saturated carbocycles. The van der Waals surface area contributed by atoms with Crippen molar-refractivity contribution in [3.05, 3.63) is 53.6 Å². The van der Waals surface area contributed by atoms with E-state index in [0.29, 0.717) is 17.9 Å². The fourth-order valence-corrected chi connectivity index (χ4v) is 2.57. The van der Waals surface area contributed by atoms with Crippen molar-refractivity contribution in [1.29, 1.82) is 0 Å². The number of rotatable bonds is 4. The number of nitrogens with zero attached hydrogens (tertiary/aromatic N) is 4. The van der Waals surface area contributed by atoms with Gasteiger partial charge in [-0.15, -0.1) is 5.10 Å². The number of hydrogen-bond donors (Lipinski definition) is 1. The quantitative estimate of drug-likeness (QED) is 0.773. The van der Waals surface area contributed by atoms with Crippen molar-refractivity contribution >= 4 is 29.5 Å². The summed E-state index contributed by atoms with van der Waals surface area (Å²) in [6.45, 7) is 8.04. The highest BCUT2D eigenvalue weighted by atomic mass is 16.1. The van der Waals surface area contributed by atoms with Crippen LogP contribution in [0.4, 0.5) is 5.82 Å². The number of hydrogen-bond acceptors (Lipinski definition) is 4. The lowest BCUT2D eigenvalue weighted by atomic mass is 9.92. The van der Waals surface area contributed by atoms with E-state index in [1.54, 1.807) is 16.8 Å². The summed E-state index contributed by atoms with van der Waals surface area (Å²) < 4.78 is 1.67. The summed E-state index contributed by atoms with van der Waals surface area (Å²) in [6.07, 6.45) is 9.60. The van der Waals surface area contributed by atoms with E-state index in [2.05, 4.69) is 20.4 Å². The average Bonchev–Trinajstić information content (AvgIpc) is 2.89. The molecule has 0 aromatic carbocycles. The zero-order valence-electron chi connectivity index (χ0n) is 15.5. The Balaban J connectivity index is 1.94. The molecular weight excluding hydrogens is 326 g/mol. The molecule has 1 amide bonds. The maximum Gasteiger partial charge on any atom is 0.226 e. The monoisotopic (exact) mass is 349 g/mol. The third-order valence-electron chi connectivity index (χ3n) is 3.76. The van der Waals surface area contributed by atoms with Crippen molar-refractivity contribution < 1.29 is 4.79 Å². The number of anilines is 1. The number of fused-ring (bicyclic) bond motifs is 1. The predicted octanol–water partition coefficient (Wildman–Crippen LogP) is 3.98. The minimum atomic E-state index is -0.0922. The fraction of sp³-hybridized carbons (Fsp3) is 0.300. The molecule has 3 rings (SSSR count). The van der Waals surface area contributed by atoms with E-state index in [4.69, 9.17) is 0 Å². The molecule has 0 unspecified atom stereocenters. The SMILES string of the molecule is Cc1ccc(/C=C/c2c(NC(=O)CC(C)(C)C)nn3cccnc23)cn1. The van der Waals surface area contributed by atoms with Gasteiger partial charge in [-0.3, -0.25) is 9.78 Å². The summed E-state index contributed by atoms with van der Waals surface area (Å²) in [7, 11) is 0. The van der Waals surface area contributed by atoms with Crippen molar-refractivity contribution in [2.24, 2.45) is 5.41 Å². The number of carbonyl (C=O) groups excluding carboxylic acids is 1. The largest absolute Gasteiger partial charge is 0.309 e. The number of amides is 1. The van der Waals surface area contributed by atoms with E-state index < -0.39 is 0 Å². The van der Waals surface area contributed by atoms with Gasteiger partial charge in [0.25, 0.3) is 0 Å². The molecule has 3 aromatic rings. The van der Waals surface area contributed by atoms with Gasteiger partial charge in [-0.1, -0.05) is 32.9 Å². The Kier molecular flexibility index (Phi) is 4.84. The molecule has 0 aliphatic carbocycles. The molecule has 134 valence electrons. The molecule has 0 saturated heterocycles. The van der Waals surface area contributed by atoms with Gasteiger partial charge < -0.3 is 5.32 Å². The van der Waals surface area contributed by atoms with Crippen LogP contribution in [0.5, 0.6) is 0 Å². The van der Waals surface area contributed by atoms with Crippen LogP contribution in [-0.2, 0) is 4.79 Å². The van der Waals surface area contributed by atoms with E-state index in [1.807, 2.05) is 64.4 Å². The van der Waals surface area contributed by atoms with Crippen LogP contribution >= 0.6 is 0 Å². The summed E-state index contributed by atoms with van der Waals surface area (Å²) in [5, 5.41) is 7.39. The van der Waals surface area contributed by atoms with Gasteiger partial charge in [0.15, 0.2) is 11.5 Å². The van der Waals surface area contributed by atoms with Crippen LogP contribution in [-0.4, -0.2) is 25.5 Å². The summed E-state index contributed by atoms with van der Waals surface area (Å²) >= 11 is 0. The summed E-state index contributed by atoms with van der Waals surface area (Å²) in [4.78, 5) is 21.0. The van der Waals surface area contributed by atoms with E-state index in [-0.39, 0.29) is 11.3 Å². The van der Waals surface area contributed by atoms with E-state index >= 15 is 0 Å². The summed E-state index contributed by atoms with van der Waals surface area (Å²) in [6, 6.07) is 5.76. The zero-order valence-corrected chi connectivity index (χ0v) is 15.5. The average molecular weight is 349 g/mol. The van der Waals surface area contributed by atoms with E-state index in [1.165, 1.54) is 0 Å². The van der Waals surface area contributed by atoms with Gasteiger partial charge in [-0.05, 0) is 36.1 Å². The second-order valence-electron chi connectivity index (χ2n) is 7.50. The van der Waals surface area contributed by atoms with Crippen molar-refractivity contribution in [2.75, 3.05) is 5.32 Å². The zero-order chi connectivity index (χ0) is 18.7. The van der Waals surface area contributed by atoms with Gasteiger partial charge in [-0.25, -0.2) is 9.50 Å². The number of carbonyl (C=O) groups is 1. The first-order chi connectivity index (χ1) is 12.3. The lowest BCUT2D eigenvalue weighted by Gasteiger charge is -2.16. The van der Waals surface area contributed by atoms with Crippen LogP contribution in [0.3, 0.4) is 0 Å². The molecule has 6 heteroatoms. The Morgan fingerprint density at radius 3 is 2.73 bits per heavy atom. The first-order valence-corrected chi connectivity index (χ1v) is 8.56. The molecule has 0 fully saturated rings. The molecule has 3 aromatic heterocycles. The van der Waals surface area contributed by atoms with E-state index in [0.717, 1.165) is 16.8 Å². The first kappa shape index (κ1) is 17.8. The van der Waals surface area contributed by atoms with Crippen LogP contribution < -0.4 is 5.32 Å². The molecule has 0 bridgehead atoms. The molecule has 0 aliphatic rings. The maximum atomic E-state index is 12.4. The van der Waals surface area contributed by atoms with Gasteiger partial charge in [0.2, 0.25) is 5.91 Å². The third-order valence-corrected chi connectivity index (χ3v) is 3.76. The summed E-state index contributed by atoms with van der Waals surface area (Å²) in [5.41, 5.74) is 3.31. The van der Waals surface area contributed by atoms with Gasteiger partial charge in [-0.2, -0.15) is 0 Å². The molecule has 6 nitrogen and oxygen atoms in total. The maximum absolute atomic E-state index is 12.4. The smallest absolute Gasteiger partial charge is 0.226 e. The normalized spacial score (nSPS) is 12.0. The van der Waals surface area contributed by atoms with Crippen LogP contribution in [0.25, 0.3) is 17.8 Å². The lowest BCUT2D eigenvalue weighted by molar-refractivity contribution is -0.117. The number of aryl methyl sites for hydroxylation is 1. The number of pyridine rings is 1. The standard InChI is InChI=1S/C20H23N5O/c1-14-6-7-15(13-22-14)8-9-16-18(23-17(26)12-20(2,3)4)24-25-11-5-10-21-19(16)25/h5-11,13H,12H2,1-4H3,(H,23,24,26)/b9-8+. The van der Waals surface area contributed by atoms with Crippen LogP contribution in [0.1, 0.15) is 44.0 Å². The van der Waals surface area contributed by atoms with Gasteiger partial charge in [0, 0.05) is 30.7 Å². The van der Waals surface area contributed by atoms with Crippen molar-refractivity contribution in [1.82, 2.24) is 19.6 Å². The second-order valence-corrected chi connectivity index (χ2v) is 7.50. The van der Waals surface area contributed by atoms with Crippen LogP contribution in [0, 0.1) is 12.3 Å². The second kappa shape index (κ2) is 7.07. The molecule has 0 aliphatic heterocycles. The fourth-order valence-electron chi connectivity index (χ4n) is 2.57. The Bertz CT molecular complexity index is 948. The third kappa shape index (κ3) is 4.33. The Morgan fingerprint density at radius 2 is 2.04 bits per heavy atom. The van der Waals surface area contributed by atoms with Gasteiger partial charge >= 0.3 is 0 Å². The molecule has 0 spiro atoms. The summed E-state index contributed by atoms with van der Waals surface area (Å²) in [5.74, 6) is 0.446. The highest BCUT2D eigenvalue weighted by molar-refractivity contribution is 5.95. The molecular formula is C20H23N5O. The van der Waals surface area contributed by atoms with Crippen LogP contribution in [0.15, 0.2) is 36.8 Å². The van der Waals surface area contributed by atoms with Crippen LogP contribution in [0.2, 0.25) is 0 Å².